The summed E-state index contributed by atoms with van der Waals surface area (Å²) in [7, 11) is 0. The SMILES string of the molecule is CC(C)(C)C(Cn1cncn1)C(O)c1ccc(Cl)cc1. The van der Waals surface area contributed by atoms with Gasteiger partial charge in [0, 0.05) is 17.5 Å². The number of benzene rings is 1. The lowest BCUT2D eigenvalue weighted by Crippen LogP contribution is -2.31. The second kappa shape index (κ2) is 5.94. The van der Waals surface area contributed by atoms with Gasteiger partial charge in [0.2, 0.25) is 0 Å². The fourth-order valence-electron chi connectivity index (χ4n) is 2.27. The van der Waals surface area contributed by atoms with E-state index in [1.807, 2.05) is 12.1 Å². The minimum atomic E-state index is -0.573. The van der Waals surface area contributed by atoms with Crippen LogP contribution in [0.2, 0.25) is 5.02 Å². The molecule has 108 valence electrons. The number of aliphatic hydroxyl groups excluding tert-OH is 1. The van der Waals surface area contributed by atoms with Crippen molar-refractivity contribution in [1.29, 1.82) is 0 Å². The quantitative estimate of drug-likeness (QED) is 0.941. The molecule has 2 unspecified atom stereocenters. The maximum absolute atomic E-state index is 10.7. The van der Waals surface area contributed by atoms with Crippen LogP contribution in [0.25, 0.3) is 0 Å². The Morgan fingerprint density at radius 1 is 1.25 bits per heavy atom. The Morgan fingerprint density at radius 3 is 2.40 bits per heavy atom. The molecule has 1 aromatic heterocycles. The molecular weight excluding hydrogens is 274 g/mol. The summed E-state index contributed by atoms with van der Waals surface area (Å²) in [5, 5.41) is 15.5. The molecule has 0 aliphatic carbocycles. The number of aliphatic hydroxyl groups is 1. The summed E-state index contributed by atoms with van der Waals surface area (Å²) in [5.41, 5.74) is 0.805. The lowest BCUT2D eigenvalue weighted by atomic mass is 9.75. The van der Waals surface area contributed by atoms with Gasteiger partial charge in [0.25, 0.3) is 0 Å². The third kappa shape index (κ3) is 3.58. The third-order valence-electron chi connectivity index (χ3n) is 3.56. The summed E-state index contributed by atoms with van der Waals surface area (Å²) < 4.78 is 1.76. The van der Waals surface area contributed by atoms with Crippen molar-refractivity contribution in [1.82, 2.24) is 14.8 Å². The number of hydrogen-bond acceptors (Lipinski definition) is 3. The Labute approximate surface area is 124 Å². The van der Waals surface area contributed by atoms with Gasteiger partial charge in [-0.15, -0.1) is 0 Å². The Balaban J connectivity index is 2.24. The molecular formula is C15H20ClN3O. The van der Waals surface area contributed by atoms with E-state index in [0.717, 1.165) is 5.56 Å². The van der Waals surface area contributed by atoms with Crippen LogP contribution < -0.4 is 0 Å². The highest BCUT2D eigenvalue weighted by Gasteiger charge is 2.32. The zero-order valence-corrected chi connectivity index (χ0v) is 12.7. The first-order chi connectivity index (χ1) is 9.38. The van der Waals surface area contributed by atoms with Crippen LogP contribution in [0, 0.1) is 11.3 Å². The molecule has 0 saturated carbocycles. The monoisotopic (exact) mass is 293 g/mol. The van der Waals surface area contributed by atoms with Crippen LogP contribution in [0.3, 0.4) is 0 Å². The summed E-state index contributed by atoms with van der Waals surface area (Å²) in [6, 6.07) is 7.34. The molecule has 2 aromatic rings. The molecule has 0 fully saturated rings. The van der Waals surface area contributed by atoms with Crippen LogP contribution in [-0.2, 0) is 6.54 Å². The van der Waals surface area contributed by atoms with Crippen LogP contribution in [0.5, 0.6) is 0 Å². The summed E-state index contributed by atoms with van der Waals surface area (Å²) in [6.45, 7) is 6.97. The zero-order valence-electron chi connectivity index (χ0n) is 12.0. The smallest absolute Gasteiger partial charge is 0.137 e. The van der Waals surface area contributed by atoms with E-state index in [9.17, 15) is 5.11 Å². The highest BCUT2D eigenvalue weighted by Crippen LogP contribution is 2.37. The normalized spacial score (nSPS) is 15.1. The molecule has 0 amide bonds. The molecule has 0 radical (unpaired) electrons. The first kappa shape index (κ1) is 15.0. The van der Waals surface area contributed by atoms with Gasteiger partial charge in [-0.2, -0.15) is 5.10 Å². The van der Waals surface area contributed by atoms with Gasteiger partial charge < -0.3 is 5.11 Å². The fourth-order valence-corrected chi connectivity index (χ4v) is 2.39. The molecule has 0 aliphatic heterocycles. The summed E-state index contributed by atoms with van der Waals surface area (Å²) in [6.07, 6.45) is 2.61. The number of hydrogen-bond donors (Lipinski definition) is 1. The number of halogens is 1. The van der Waals surface area contributed by atoms with E-state index in [1.54, 1.807) is 23.1 Å². The van der Waals surface area contributed by atoms with Gasteiger partial charge in [0.1, 0.15) is 12.7 Å². The van der Waals surface area contributed by atoms with Gasteiger partial charge in [-0.05, 0) is 23.1 Å². The van der Waals surface area contributed by atoms with Crippen LogP contribution in [0.1, 0.15) is 32.4 Å². The van der Waals surface area contributed by atoms with Gasteiger partial charge in [-0.3, -0.25) is 4.68 Å². The van der Waals surface area contributed by atoms with Crippen molar-refractivity contribution in [3.63, 3.8) is 0 Å². The lowest BCUT2D eigenvalue weighted by molar-refractivity contribution is 0.0280. The summed E-state index contributed by atoms with van der Waals surface area (Å²) in [4.78, 5) is 3.95. The van der Waals surface area contributed by atoms with E-state index in [0.29, 0.717) is 11.6 Å². The van der Waals surface area contributed by atoms with Crippen molar-refractivity contribution in [2.45, 2.75) is 33.4 Å². The van der Waals surface area contributed by atoms with Crippen molar-refractivity contribution < 1.29 is 5.11 Å². The van der Waals surface area contributed by atoms with Crippen LogP contribution in [0.4, 0.5) is 0 Å². The minimum Gasteiger partial charge on any atom is -0.388 e. The van der Waals surface area contributed by atoms with E-state index in [1.165, 1.54) is 6.33 Å². The van der Waals surface area contributed by atoms with Crippen molar-refractivity contribution in [3.05, 3.63) is 47.5 Å². The van der Waals surface area contributed by atoms with Crippen molar-refractivity contribution in [3.8, 4) is 0 Å². The van der Waals surface area contributed by atoms with Gasteiger partial charge in [0.15, 0.2) is 0 Å². The Morgan fingerprint density at radius 2 is 1.90 bits per heavy atom. The molecule has 1 N–H and O–H groups in total. The Bertz CT molecular complexity index is 531. The molecule has 1 aromatic carbocycles. The molecule has 20 heavy (non-hydrogen) atoms. The predicted molar refractivity (Wildman–Crippen MR) is 79.4 cm³/mol. The maximum Gasteiger partial charge on any atom is 0.137 e. The predicted octanol–water partition coefficient (Wildman–Crippen LogP) is 3.33. The van der Waals surface area contributed by atoms with Gasteiger partial charge >= 0.3 is 0 Å². The summed E-state index contributed by atoms with van der Waals surface area (Å²) >= 11 is 5.90. The molecule has 5 heteroatoms. The molecule has 4 nitrogen and oxygen atoms in total. The van der Waals surface area contributed by atoms with E-state index in [-0.39, 0.29) is 11.3 Å². The number of nitrogens with zero attached hydrogens (tertiary/aromatic N) is 3. The van der Waals surface area contributed by atoms with E-state index in [4.69, 9.17) is 11.6 Å². The fraction of sp³-hybridized carbons (Fsp3) is 0.467. The minimum absolute atomic E-state index is 0.0189. The highest BCUT2D eigenvalue weighted by atomic mass is 35.5. The van der Waals surface area contributed by atoms with Crippen LogP contribution >= 0.6 is 11.6 Å². The Hall–Kier alpha value is -1.39. The number of rotatable bonds is 4. The second-order valence-corrected chi connectivity index (χ2v) is 6.52. The molecule has 0 bridgehead atoms. The molecule has 2 rings (SSSR count). The van der Waals surface area contributed by atoms with E-state index < -0.39 is 6.10 Å². The average Bonchev–Trinajstić information content (AvgIpc) is 2.87. The van der Waals surface area contributed by atoms with Gasteiger partial charge in [-0.1, -0.05) is 44.5 Å². The van der Waals surface area contributed by atoms with Crippen molar-refractivity contribution >= 4 is 11.6 Å². The largest absolute Gasteiger partial charge is 0.388 e. The van der Waals surface area contributed by atoms with E-state index >= 15 is 0 Å². The maximum atomic E-state index is 10.7. The Kier molecular flexibility index (Phi) is 4.45. The molecule has 2 atom stereocenters. The highest BCUT2D eigenvalue weighted by molar-refractivity contribution is 6.30. The van der Waals surface area contributed by atoms with Crippen LogP contribution in [0.15, 0.2) is 36.9 Å². The van der Waals surface area contributed by atoms with Gasteiger partial charge in [0.05, 0.1) is 6.10 Å². The van der Waals surface area contributed by atoms with Crippen molar-refractivity contribution in [2.75, 3.05) is 0 Å². The lowest BCUT2D eigenvalue weighted by Gasteiger charge is -2.34. The average molecular weight is 294 g/mol. The summed E-state index contributed by atoms with van der Waals surface area (Å²) in [5.74, 6) is 0.0189. The molecule has 0 aliphatic rings. The molecule has 1 heterocycles. The number of aromatic nitrogens is 3. The molecule has 0 saturated heterocycles. The standard InChI is InChI=1S/C15H20ClN3O/c1-15(2,3)13(8-19-10-17-9-18-19)14(20)11-4-6-12(16)7-5-11/h4-7,9-10,13-14,20H,8H2,1-3H3. The van der Waals surface area contributed by atoms with Gasteiger partial charge in [-0.25, -0.2) is 4.98 Å². The first-order valence-corrected chi connectivity index (χ1v) is 7.01. The van der Waals surface area contributed by atoms with E-state index in [2.05, 4.69) is 30.9 Å². The molecule has 0 spiro atoms. The zero-order chi connectivity index (χ0) is 14.8. The third-order valence-corrected chi connectivity index (χ3v) is 3.81. The van der Waals surface area contributed by atoms with Crippen LogP contribution in [-0.4, -0.2) is 19.9 Å². The second-order valence-electron chi connectivity index (χ2n) is 6.09. The van der Waals surface area contributed by atoms with Crippen molar-refractivity contribution in [2.24, 2.45) is 11.3 Å². The topological polar surface area (TPSA) is 50.9 Å². The first-order valence-electron chi connectivity index (χ1n) is 6.64.